The molecule has 15 heavy (non-hydrogen) atoms. The highest BCUT2D eigenvalue weighted by molar-refractivity contribution is 5.79. The minimum atomic E-state index is -0.968. The van der Waals surface area contributed by atoms with E-state index in [4.69, 9.17) is 5.11 Å². The molecule has 0 saturated heterocycles. The van der Waals surface area contributed by atoms with Gasteiger partial charge in [-0.05, 0) is 6.54 Å². The monoisotopic (exact) mass is 214 g/mol. The molecule has 0 saturated carbocycles. The fourth-order valence-electron chi connectivity index (χ4n) is 0.941. The predicted octanol–water partition coefficient (Wildman–Crippen LogP) is 0.0373. The van der Waals surface area contributed by atoms with E-state index >= 15 is 0 Å². The van der Waals surface area contributed by atoms with Gasteiger partial charge in [0, 0.05) is 26.7 Å². The van der Waals surface area contributed by atoms with E-state index in [0.29, 0.717) is 19.6 Å². The zero-order valence-electron chi connectivity index (χ0n) is 9.43. The van der Waals surface area contributed by atoms with Gasteiger partial charge >= 0.3 is 5.97 Å². The van der Waals surface area contributed by atoms with Crippen LogP contribution in [0.5, 0.6) is 0 Å². The minimum Gasteiger partial charge on any atom is -0.478 e. The summed E-state index contributed by atoms with van der Waals surface area (Å²) >= 11 is 0. The number of carbonyl (C=O) groups is 2. The zero-order chi connectivity index (χ0) is 11.8. The van der Waals surface area contributed by atoms with Crippen LogP contribution in [0.3, 0.4) is 0 Å². The van der Waals surface area contributed by atoms with Crippen LogP contribution in [0.15, 0.2) is 12.2 Å². The van der Waals surface area contributed by atoms with Crippen molar-refractivity contribution in [3.05, 3.63) is 12.2 Å². The van der Waals surface area contributed by atoms with Gasteiger partial charge < -0.3 is 10.0 Å². The Balaban J connectivity index is 4.03. The second kappa shape index (κ2) is 7.00. The Kier molecular flexibility index (Phi) is 6.37. The van der Waals surface area contributed by atoms with Crippen LogP contribution in [0.4, 0.5) is 0 Å². The van der Waals surface area contributed by atoms with E-state index in [2.05, 4.69) is 0 Å². The maximum Gasteiger partial charge on any atom is 0.328 e. The average Bonchev–Trinajstić information content (AvgIpc) is 2.15. The maximum atomic E-state index is 11.4. The van der Waals surface area contributed by atoms with E-state index in [1.54, 1.807) is 14.1 Å². The summed E-state index contributed by atoms with van der Waals surface area (Å²) in [4.78, 5) is 25.0. The molecule has 0 rings (SSSR count). The van der Waals surface area contributed by atoms with Crippen LogP contribution in [0.1, 0.15) is 6.92 Å². The first-order valence-corrected chi connectivity index (χ1v) is 4.79. The van der Waals surface area contributed by atoms with Gasteiger partial charge in [0.15, 0.2) is 0 Å². The first-order valence-electron chi connectivity index (χ1n) is 4.79. The Bertz CT molecular complexity index is 249. The van der Waals surface area contributed by atoms with Gasteiger partial charge in [0.1, 0.15) is 0 Å². The van der Waals surface area contributed by atoms with Crippen LogP contribution in [0, 0.1) is 0 Å². The molecular weight excluding hydrogens is 196 g/mol. The molecule has 0 bridgehead atoms. The second-order valence-corrected chi connectivity index (χ2v) is 3.36. The van der Waals surface area contributed by atoms with E-state index in [1.165, 1.54) is 11.0 Å². The molecule has 0 aliphatic rings. The summed E-state index contributed by atoms with van der Waals surface area (Å²) < 4.78 is 0. The summed E-state index contributed by atoms with van der Waals surface area (Å²) in [5, 5.41) is 8.39. The Morgan fingerprint density at radius 3 is 2.33 bits per heavy atom. The van der Waals surface area contributed by atoms with Gasteiger partial charge in [-0.25, -0.2) is 4.79 Å². The van der Waals surface area contributed by atoms with Gasteiger partial charge in [0.2, 0.25) is 5.91 Å². The quantitative estimate of drug-likeness (QED) is 0.634. The Morgan fingerprint density at radius 2 is 1.93 bits per heavy atom. The predicted molar refractivity (Wildman–Crippen MR) is 57.6 cm³/mol. The van der Waals surface area contributed by atoms with Crippen molar-refractivity contribution in [2.24, 2.45) is 0 Å². The number of hydrogen-bond donors (Lipinski definition) is 1. The van der Waals surface area contributed by atoms with Gasteiger partial charge in [-0.2, -0.15) is 0 Å². The van der Waals surface area contributed by atoms with Crippen molar-refractivity contribution < 1.29 is 14.7 Å². The number of carboxylic acids is 1. The van der Waals surface area contributed by atoms with E-state index in [0.717, 1.165) is 6.08 Å². The van der Waals surface area contributed by atoms with E-state index in [-0.39, 0.29) is 5.91 Å². The van der Waals surface area contributed by atoms with Crippen LogP contribution >= 0.6 is 0 Å². The molecule has 1 N–H and O–H groups in total. The molecule has 0 aromatic carbocycles. The average molecular weight is 214 g/mol. The Hall–Kier alpha value is -1.36. The van der Waals surface area contributed by atoms with Crippen molar-refractivity contribution in [3.8, 4) is 0 Å². The summed E-state index contributed by atoms with van der Waals surface area (Å²) in [5.74, 6) is -0.953. The van der Waals surface area contributed by atoms with Crippen molar-refractivity contribution in [1.29, 1.82) is 0 Å². The van der Waals surface area contributed by atoms with Crippen molar-refractivity contribution in [1.82, 2.24) is 9.80 Å². The molecule has 0 atom stereocenters. The van der Waals surface area contributed by atoms with Gasteiger partial charge in [-0.1, -0.05) is 13.0 Å². The van der Waals surface area contributed by atoms with Crippen molar-refractivity contribution >= 4 is 11.9 Å². The van der Waals surface area contributed by atoms with E-state index in [9.17, 15) is 9.59 Å². The lowest BCUT2D eigenvalue weighted by Crippen LogP contribution is -2.36. The lowest BCUT2D eigenvalue weighted by Gasteiger charge is -2.20. The number of aliphatic carboxylic acids is 1. The number of amides is 1. The summed E-state index contributed by atoms with van der Waals surface area (Å²) in [6, 6.07) is 0. The number of carboxylic acid groups (broad SMARTS) is 1. The zero-order valence-corrected chi connectivity index (χ0v) is 9.43. The van der Waals surface area contributed by atoms with Gasteiger partial charge in [0.05, 0.1) is 6.54 Å². The van der Waals surface area contributed by atoms with Gasteiger partial charge in [-0.15, -0.1) is 0 Å². The summed E-state index contributed by atoms with van der Waals surface area (Å²) in [6.07, 6.45) is 2.62. The molecule has 0 unspecified atom stereocenters. The third-order valence-corrected chi connectivity index (χ3v) is 1.93. The lowest BCUT2D eigenvalue weighted by molar-refractivity contribution is -0.131. The summed E-state index contributed by atoms with van der Waals surface area (Å²) in [7, 11) is 3.40. The first-order chi connectivity index (χ1) is 6.97. The third-order valence-electron chi connectivity index (χ3n) is 1.93. The molecule has 0 fully saturated rings. The summed E-state index contributed by atoms with van der Waals surface area (Å²) in [6.45, 7) is 3.43. The molecular formula is C10H18N2O3. The SMILES string of the molecule is CCN(C/C=C/C(=O)O)CC(=O)N(C)C. The molecule has 0 aliphatic carbocycles. The van der Waals surface area contributed by atoms with Crippen LogP contribution < -0.4 is 0 Å². The minimum absolute atomic E-state index is 0.0144. The van der Waals surface area contributed by atoms with Crippen LogP contribution in [-0.2, 0) is 9.59 Å². The normalized spacial score (nSPS) is 10.9. The number of nitrogens with zero attached hydrogens (tertiary/aromatic N) is 2. The van der Waals surface area contributed by atoms with Crippen LogP contribution in [0.2, 0.25) is 0 Å². The van der Waals surface area contributed by atoms with Crippen LogP contribution in [-0.4, -0.2) is 60.5 Å². The highest BCUT2D eigenvalue weighted by atomic mass is 16.4. The van der Waals surface area contributed by atoms with Crippen molar-refractivity contribution in [3.63, 3.8) is 0 Å². The highest BCUT2D eigenvalue weighted by Crippen LogP contribution is 1.91. The molecule has 5 heteroatoms. The standard InChI is InChI=1S/C10H18N2O3/c1-4-12(7-5-6-10(14)15)8-9(13)11(2)3/h5-6H,4,7-8H2,1-3H3,(H,14,15)/b6-5+. The molecule has 0 radical (unpaired) electrons. The van der Waals surface area contributed by atoms with E-state index < -0.39 is 5.97 Å². The molecule has 1 amide bonds. The third kappa shape index (κ3) is 6.68. The fraction of sp³-hybridized carbons (Fsp3) is 0.600. The molecule has 5 nitrogen and oxygen atoms in total. The molecule has 86 valence electrons. The van der Waals surface area contributed by atoms with Crippen LogP contribution in [0.25, 0.3) is 0 Å². The number of likely N-dealkylation sites (N-methyl/N-ethyl adjacent to an activating group) is 2. The van der Waals surface area contributed by atoms with E-state index in [1.807, 2.05) is 11.8 Å². The molecule has 0 aromatic rings. The smallest absolute Gasteiger partial charge is 0.328 e. The number of hydrogen-bond acceptors (Lipinski definition) is 3. The lowest BCUT2D eigenvalue weighted by atomic mass is 10.4. The summed E-state index contributed by atoms with van der Waals surface area (Å²) in [5.41, 5.74) is 0. The van der Waals surface area contributed by atoms with Crippen molar-refractivity contribution in [2.45, 2.75) is 6.92 Å². The van der Waals surface area contributed by atoms with Gasteiger partial charge in [0.25, 0.3) is 0 Å². The van der Waals surface area contributed by atoms with Gasteiger partial charge in [-0.3, -0.25) is 9.69 Å². The number of rotatable bonds is 6. The molecule has 0 spiro atoms. The largest absolute Gasteiger partial charge is 0.478 e. The Morgan fingerprint density at radius 1 is 1.33 bits per heavy atom. The Labute approximate surface area is 90.0 Å². The molecule has 0 aromatic heterocycles. The number of carbonyl (C=O) groups excluding carboxylic acids is 1. The highest BCUT2D eigenvalue weighted by Gasteiger charge is 2.08. The first kappa shape index (κ1) is 13.6. The molecule has 0 aliphatic heterocycles. The maximum absolute atomic E-state index is 11.4. The van der Waals surface area contributed by atoms with Crippen molar-refractivity contribution in [2.75, 3.05) is 33.7 Å². The fourth-order valence-corrected chi connectivity index (χ4v) is 0.941. The topological polar surface area (TPSA) is 60.9 Å². The molecule has 0 heterocycles. The second-order valence-electron chi connectivity index (χ2n) is 3.36.